The topological polar surface area (TPSA) is 106 Å². The highest BCUT2D eigenvalue weighted by molar-refractivity contribution is 5.68. The minimum Gasteiger partial charge on any atom is -0.444 e. The summed E-state index contributed by atoms with van der Waals surface area (Å²) in [7, 11) is 0. The first-order valence-electron chi connectivity index (χ1n) is 9.76. The second kappa shape index (κ2) is 9.86. The molecule has 0 aromatic heterocycles. The second-order valence-electron chi connectivity index (χ2n) is 8.60. The summed E-state index contributed by atoms with van der Waals surface area (Å²) in [5.41, 5.74) is 0.253. The van der Waals surface area contributed by atoms with Crippen molar-refractivity contribution in [2.75, 3.05) is 13.2 Å². The fourth-order valence-electron chi connectivity index (χ4n) is 2.90. The van der Waals surface area contributed by atoms with Crippen LogP contribution in [0.4, 0.5) is 4.79 Å². The molecule has 0 radical (unpaired) electrons. The number of rotatable bonds is 8. The Hall–Kier alpha value is -1.71. The smallest absolute Gasteiger partial charge is 0.408 e. The normalized spacial score (nSPS) is 22.0. The fourth-order valence-corrected chi connectivity index (χ4v) is 2.90. The summed E-state index contributed by atoms with van der Waals surface area (Å²) in [5.74, 6) is -0.844. The quantitative estimate of drug-likeness (QED) is 0.600. The molecule has 1 aliphatic heterocycles. The molecular formula is C21H33NO7. The Morgan fingerprint density at radius 3 is 2.48 bits per heavy atom. The van der Waals surface area contributed by atoms with E-state index in [9.17, 15) is 15.0 Å². The minimum absolute atomic E-state index is 0.0245. The van der Waals surface area contributed by atoms with Crippen molar-refractivity contribution in [1.29, 1.82) is 0 Å². The molecule has 4 atom stereocenters. The van der Waals surface area contributed by atoms with Crippen LogP contribution in [0.1, 0.15) is 40.2 Å². The number of aliphatic hydroxyl groups excluding tert-OH is 2. The number of alkyl carbamates (subject to hydrolysis) is 1. The van der Waals surface area contributed by atoms with E-state index in [1.54, 1.807) is 34.6 Å². The molecule has 8 heteroatoms. The molecule has 8 nitrogen and oxygen atoms in total. The molecule has 0 bridgehead atoms. The maximum Gasteiger partial charge on any atom is 0.408 e. The average Bonchev–Trinajstić information content (AvgIpc) is 2.99. The van der Waals surface area contributed by atoms with Crippen molar-refractivity contribution in [3.63, 3.8) is 0 Å². The molecule has 2 rings (SSSR count). The maximum absolute atomic E-state index is 12.2. The number of aliphatic hydroxyl groups is 2. The van der Waals surface area contributed by atoms with Gasteiger partial charge >= 0.3 is 6.09 Å². The summed E-state index contributed by atoms with van der Waals surface area (Å²) in [6.45, 7) is 9.08. The Morgan fingerprint density at radius 1 is 1.28 bits per heavy atom. The zero-order valence-corrected chi connectivity index (χ0v) is 17.8. The number of carbonyl (C=O) groups is 1. The number of ether oxygens (including phenoxy) is 4. The third kappa shape index (κ3) is 7.91. The van der Waals surface area contributed by atoms with Crippen molar-refractivity contribution in [2.45, 2.75) is 77.0 Å². The molecule has 1 aromatic carbocycles. The zero-order valence-electron chi connectivity index (χ0n) is 17.8. The highest BCUT2D eigenvalue weighted by Crippen LogP contribution is 2.26. The predicted molar refractivity (Wildman–Crippen MR) is 106 cm³/mol. The average molecular weight is 411 g/mol. The molecule has 3 N–H and O–H groups in total. The molecule has 29 heavy (non-hydrogen) atoms. The van der Waals surface area contributed by atoms with Gasteiger partial charge in [0.05, 0.1) is 25.9 Å². The molecule has 1 aromatic rings. The van der Waals surface area contributed by atoms with Gasteiger partial charge in [-0.25, -0.2) is 4.79 Å². The van der Waals surface area contributed by atoms with Crippen LogP contribution in [-0.4, -0.2) is 65.3 Å². The Kier molecular flexibility index (Phi) is 8.02. The fraction of sp³-hybridized carbons (Fsp3) is 0.667. The summed E-state index contributed by atoms with van der Waals surface area (Å²) in [5, 5.41) is 23.9. The van der Waals surface area contributed by atoms with Crippen molar-refractivity contribution in [3.05, 3.63) is 35.9 Å². The van der Waals surface area contributed by atoms with Crippen LogP contribution in [-0.2, 0) is 25.6 Å². The third-order valence-electron chi connectivity index (χ3n) is 4.28. The van der Waals surface area contributed by atoms with Gasteiger partial charge in [0.1, 0.15) is 23.9 Å². The summed E-state index contributed by atoms with van der Waals surface area (Å²) >= 11 is 0. The maximum atomic E-state index is 12.2. The first kappa shape index (κ1) is 23.6. The van der Waals surface area contributed by atoms with E-state index in [0.29, 0.717) is 6.61 Å². The number of nitrogens with one attached hydrogen (secondary N) is 1. The zero-order chi connectivity index (χ0) is 21.7. The SMILES string of the molecule is CC(C)(C)OC(=O)N[C@@H](COCc1ccccc1)[C@H](O)[C@@H](O)[C@@H]1COC(C)(C)O1. The molecule has 164 valence electrons. The highest BCUT2D eigenvalue weighted by Gasteiger charge is 2.42. The Balaban J connectivity index is 2.00. The van der Waals surface area contributed by atoms with Crippen LogP contribution in [0, 0.1) is 0 Å². The van der Waals surface area contributed by atoms with Gasteiger partial charge in [-0.3, -0.25) is 0 Å². The largest absolute Gasteiger partial charge is 0.444 e. The molecule has 0 unspecified atom stereocenters. The van der Waals surface area contributed by atoms with Crippen LogP contribution in [0.25, 0.3) is 0 Å². The lowest BCUT2D eigenvalue weighted by atomic mass is 10.0. The summed E-state index contributed by atoms with van der Waals surface area (Å²) in [4.78, 5) is 12.2. The minimum atomic E-state index is -1.35. The van der Waals surface area contributed by atoms with Gasteiger partial charge in [0.15, 0.2) is 5.79 Å². The van der Waals surface area contributed by atoms with E-state index >= 15 is 0 Å². The van der Waals surface area contributed by atoms with Crippen molar-refractivity contribution < 1.29 is 34.0 Å². The molecule has 1 heterocycles. The van der Waals surface area contributed by atoms with E-state index in [4.69, 9.17) is 18.9 Å². The van der Waals surface area contributed by atoms with E-state index in [0.717, 1.165) is 5.56 Å². The number of amides is 1. The molecule has 1 amide bonds. The van der Waals surface area contributed by atoms with Crippen molar-refractivity contribution >= 4 is 6.09 Å². The number of carbonyl (C=O) groups excluding carboxylic acids is 1. The summed E-state index contributed by atoms with van der Waals surface area (Å²) in [6.07, 6.45) is -4.06. The third-order valence-corrected chi connectivity index (χ3v) is 4.28. The van der Waals surface area contributed by atoms with Gasteiger partial charge in [-0.1, -0.05) is 30.3 Å². The number of hydrogen-bond donors (Lipinski definition) is 3. The van der Waals surface area contributed by atoms with Crippen LogP contribution < -0.4 is 5.32 Å². The Morgan fingerprint density at radius 2 is 1.93 bits per heavy atom. The predicted octanol–water partition coefficient (Wildman–Crippen LogP) is 1.97. The molecular weight excluding hydrogens is 378 g/mol. The van der Waals surface area contributed by atoms with Gasteiger partial charge in [0.25, 0.3) is 0 Å². The second-order valence-corrected chi connectivity index (χ2v) is 8.60. The van der Waals surface area contributed by atoms with Crippen LogP contribution in [0.5, 0.6) is 0 Å². The van der Waals surface area contributed by atoms with E-state index in [2.05, 4.69) is 5.32 Å². The molecule has 0 saturated carbocycles. The molecule has 1 saturated heterocycles. The lowest BCUT2D eigenvalue weighted by molar-refractivity contribution is -0.163. The lowest BCUT2D eigenvalue weighted by Crippen LogP contribution is -2.55. The van der Waals surface area contributed by atoms with Crippen LogP contribution in [0.2, 0.25) is 0 Å². The van der Waals surface area contributed by atoms with Gasteiger partial charge in [0, 0.05) is 0 Å². The Labute approximate surface area is 172 Å². The van der Waals surface area contributed by atoms with Crippen molar-refractivity contribution in [2.24, 2.45) is 0 Å². The molecule has 1 fully saturated rings. The van der Waals surface area contributed by atoms with Crippen LogP contribution >= 0.6 is 0 Å². The van der Waals surface area contributed by atoms with Gasteiger partial charge in [-0.2, -0.15) is 0 Å². The molecule has 1 aliphatic rings. The monoisotopic (exact) mass is 411 g/mol. The highest BCUT2D eigenvalue weighted by atomic mass is 16.7. The van der Waals surface area contributed by atoms with Crippen LogP contribution in [0.15, 0.2) is 30.3 Å². The first-order chi connectivity index (χ1) is 13.5. The Bertz CT molecular complexity index is 644. The van der Waals surface area contributed by atoms with Crippen molar-refractivity contribution in [1.82, 2.24) is 5.32 Å². The first-order valence-corrected chi connectivity index (χ1v) is 9.76. The van der Waals surface area contributed by atoms with Crippen molar-refractivity contribution in [3.8, 4) is 0 Å². The van der Waals surface area contributed by atoms with E-state index in [1.165, 1.54) is 0 Å². The molecule has 0 spiro atoms. The number of hydrogen-bond acceptors (Lipinski definition) is 7. The van der Waals surface area contributed by atoms with E-state index in [-0.39, 0.29) is 13.2 Å². The molecule has 0 aliphatic carbocycles. The van der Waals surface area contributed by atoms with Gasteiger partial charge < -0.3 is 34.5 Å². The number of benzene rings is 1. The van der Waals surface area contributed by atoms with Gasteiger partial charge in [-0.05, 0) is 40.2 Å². The summed E-state index contributed by atoms with van der Waals surface area (Å²) < 4.78 is 22.0. The standard InChI is InChI=1S/C21H33NO7/c1-20(2,3)29-19(25)22-15(12-26-11-14-9-7-6-8-10-14)17(23)18(24)16-13-27-21(4,5)28-16/h6-10,15-18,23-24H,11-13H2,1-5H3,(H,22,25)/t15-,16-,17-,18-/m0/s1. The van der Waals surface area contributed by atoms with E-state index in [1.807, 2.05) is 30.3 Å². The van der Waals surface area contributed by atoms with Crippen LogP contribution in [0.3, 0.4) is 0 Å². The van der Waals surface area contributed by atoms with Gasteiger partial charge in [-0.15, -0.1) is 0 Å². The van der Waals surface area contributed by atoms with Gasteiger partial charge in [0.2, 0.25) is 0 Å². The van der Waals surface area contributed by atoms with E-state index < -0.39 is 41.8 Å². The lowest BCUT2D eigenvalue weighted by Gasteiger charge is -2.31. The summed E-state index contributed by atoms with van der Waals surface area (Å²) in [6, 6.07) is 8.61.